The molecule has 0 saturated carbocycles. The molecule has 2 nitrogen and oxygen atoms in total. The first kappa shape index (κ1) is 16.5. The fourth-order valence-electron chi connectivity index (χ4n) is 3.35. The number of nitrogens with one attached hydrogen (secondary N) is 1. The molecule has 1 heterocycles. The van der Waals surface area contributed by atoms with Crippen LogP contribution in [0, 0.1) is 5.92 Å². The fraction of sp³-hybridized carbons (Fsp3) is 0.684. The van der Waals surface area contributed by atoms with Gasteiger partial charge in [0.2, 0.25) is 0 Å². The number of nitrogens with zero attached hydrogens (tertiary/aromatic N) is 1. The Kier molecular flexibility index (Phi) is 7.25. The Balaban J connectivity index is 1.93. The fourth-order valence-corrected chi connectivity index (χ4v) is 3.35. The topological polar surface area (TPSA) is 15.3 Å². The summed E-state index contributed by atoms with van der Waals surface area (Å²) in [5.74, 6) is 0.875. The SMILES string of the molecule is CCCCC(CC)CN1CCCNC(c2ccccc2)C1. The third-order valence-electron chi connectivity index (χ3n) is 4.74. The van der Waals surface area contributed by atoms with Crippen LogP contribution >= 0.6 is 0 Å². The van der Waals surface area contributed by atoms with Crippen molar-refractivity contribution in [1.29, 1.82) is 0 Å². The van der Waals surface area contributed by atoms with Gasteiger partial charge in [-0.25, -0.2) is 0 Å². The Bertz CT molecular complexity index is 376. The van der Waals surface area contributed by atoms with Gasteiger partial charge < -0.3 is 10.2 Å². The first-order chi connectivity index (χ1) is 10.3. The van der Waals surface area contributed by atoms with Gasteiger partial charge in [-0.3, -0.25) is 0 Å². The summed E-state index contributed by atoms with van der Waals surface area (Å²) < 4.78 is 0. The lowest BCUT2D eigenvalue weighted by Gasteiger charge is -2.28. The van der Waals surface area contributed by atoms with Crippen molar-refractivity contribution >= 4 is 0 Å². The summed E-state index contributed by atoms with van der Waals surface area (Å²) in [5.41, 5.74) is 1.44. The van der Waals surface area contributed by atoms with Gasteiger partial charge in [-0.2, -0.15) is 0 Å². The van der Waals surface area contributed by atoms with Crippen LogP contribution in [-0.4, -0.2) is 31.1 Å². The molecule has 1 aromatic carbocycles. The van der Waals surface area contributed by atoms with Crippen molar-refractivity contribution < 1.29 is 0 Å². The summed E-state index contributed by atoms with van der Waals surface area (Å²) >= 11 is 0. The summed E-state index contributed by atoms with van der Waals surface area (Å²) in [6, 6.07) is 11.4. The van der Waals surface area contributed by atoms with E-state index in [9.17, 15) is 0 Å². The Labute approximate surface area is 130 Å². The van der Waals surface area contributed by atoms with E-state index >= 15 is 0 Å². The number of rotatable bonds is 7. The third-order valence-corrected chi connectivity index (χ3v) is 4.74. The van der Waals surface area contributed by atoms with Gasteiger partial charge in [-0.15, -0.1) is 0 Å². The second kappa shape index (κ2) is 9.22. The van der Waals surface area contributed by atoms with Crippen LogP contribution in [0.2, 0.25) is 0 Å². The molecular formula is C19H32N2. The molecule has 2 unspecified atom stereocenters. The summed E-state index contributed by atoms with van der Waals surface area (Å²) in [5, 5.41) is 3.72. The first-order valence-corrected chi connectivity index (χ1v) is 8.84. The van der Waals surface area contributed by atoms with Crippen LogP contribution in [0.5, 0.6) is 0 Å². The maximum atomic E-state index is 3.72. The molecule has 1 aliphatic heterocycles. The molecule has 0 bridgehead atoms. The van der Waals surface area contributed by atoms with E-state index < -0.39 is 0 Å². The Morgan fingerprint density at radius 3 is 2.76 bits per heavy atom. The monoisotopic (exact) mass is 288 g/mol. The van der Waals surface area contributed by atoms with Crippen molar-refractivity contribution in [3.05, 3.63) is 35.9 Å². The van der Waals surface area contributed by atoms with Crippen LogP contribution < -0.4 is 5.32 Å². The van der Waals surface area contributed by atoms with Crippen LogP contribution in [0.25, 0.3) is 0 Å². The molecule has 0 aromatic heterocycles. The van der Waals surface area contributed by atoms with Crippen molar-refractivity contribution in [2.45, 2.75) is 52.0 Å². The van der Waals surface area contributed by atoms with E-state index in [0.29, 0.717) is 6.04 Å². The molecule has 0 radical (unpaired) electrons. The molecule has 118 valence electrons. The molecule has 0 amide bonds. The van der Waals surface area contributed by atoms with Crippen molar-refractivity contribution in [3.8, 4) is 0 Å². The van der Waals surface area contributed by atoms with Gasteiger partial charge in [0.05, 0.1) is 0 Å². The van der Waals surface area contributed by atoms with Crippen LogP contribution in [0.3, 0.4) is 0 Å². The van der Waals surface area contributed by atoms with Gasteiger partial charge >= 0.3 is 0 Å². The van der Waals surface area contributed by atoms with E-state index in [-0.39, 0.29) is 0 Å². The summed E-state index contributed by atoms with van der Waals surface area (Å²) in [6.07, 6.45) is 6.69. The molecular weight excluding hydrogens is 256 g/mol. The Hall–Kier alpha value is -0.860. The highest BCUT2D eigenvalue weighted by molar-refractivity contribution is 5.19. The molecule has 21 heavy (non-hydrogen) atoms. The highest BCUT2D eigenvalue weighted by Crippen LogP contribution is 2.20. The second-order valence-electron chi connectivity index (χ2n) is 6.45. The van der Waals surface area contributed by atoms with Gasteiger partial charge in [0, 0.05) is 19.1 Å². The van der Waals surface area contributed by atoms with E-state index in [1.807, 2.05) is 0 Å². The summed E-state index contributed by atoms with van der Waals surface area (Å²) in [4.78, 5) is 2.70. The molecule has 2 heteroatoms. The van der Waals surface area contributed by atoms with Crippen molar-refractivity contribution in [3.63, 3.8) is 0 Å². The van der Waals surface area contributed by atoms with Crippen LogP contribution in [0.1, 0.15) is 57.6 Å². The molecule has 1 fully saturated rings. The highest BCUT2D eigenvalue weighted by Gasteiger charge is 2.20. The zero-order valence-corrected chi connectivity index (χ0v) is 13.9. The minimum atomic E-state index is 0.498. The largest absolute Gasteiger partial charge is 0.309 e. The molecule has 2 atom stereocenters. The van der Waals surface area contributed by atoms with Crippen molar-refractivity contribution in [1.82, 2.24) is 10.2 Å². The standard InChI is InChI=1S/C19H32N2/c1-3-5-10-17(4-2)15-21-14-9-13-20-19(16-21)18-11-7-6-8-12-18/h6-8,11-12,17,19-20H,3-5,9-10,13-16H2,1-2H3. The van der Waals surface area contributed by atoms with Crippen LogP contribution in [0.15, 0.2) is 30.3 Å². The average Bonchev–Trinajstić information content (AvgIpc) is 2.78. The minimum absolute atomic E-state index is 0.498. The molecule has 1 aromatic rings. The van der Waals surface area contributed by atoms with Gasteiger partial charge in [-0.1, -0.05) is 63.4 Å². The average molecular weight is 288 g/mol. The number of unbranched alkanes of at least 4 members (excludes halogenated alkanes) is 1. The molecule has 1 saturated heterocycles. The zero-order valence-electron chi connectivity index (χ0n) is 13.9. The van der Waals surface area contributed by atoms with Gasteiger partial charge in [0.15, 0.2) is 0 Å². The van der Waals surface area contributed by atoms with Gasteiger partial charge in [0.25, 0.3) is 0 Å². The van der Waals surface area contributed by atoms with E-state index in [4.69, 9.17) is 0 Å². The van der Waals surface area contributed by atoms with E-state index in [1.165, 1.54) is 50.8 Å². The normalized spacial score (nSPS) is 21.9. The smallest absolute Gasteiger partial charge is 0.0449 e. The lowest BCUT2D eigenvalue weighted by atomic mass is 9.98. The van der Waals surface area contributed by atoms with Crippen LogP contribution in [0.4, 0.5) is 0 Å². The van der Waals surface area contributed by atoms with E-state index in [2.05, 4.69) is 54.4 Å². The number of benzene rings is 1. The Morgan fingerprint density at radius 2 is 2.05 bits per heavy atom. The molecule has 1 aliphatic rings. The summed E-state index contributed by atoms with van der Waals surface area (Å²) in [6.45, 7) is 9.48. The van der Waals surface area contributed by atoms with E-state index in [0.717, 1.165) is 19.0 Å². The van der Waals surface area contributed by atoms with Gasteiger partial charge in [0.1, 0.15) is 0 Å². The number of hydrogen-bond acceptors (Lipinski definition) is 2. The molecule has 0 aliphatic carbocycles. The maximum Gasteiger partial charge on any atom is 0.0449 e. The van der Waals surface area contributed by atoms with Gasteiger partial charge in [-0.05, 0) is 37.4 Å². The quantitative estimate of drug-likeness (QED) is 0.807. The third kappa shape index (κ3) is 5.44. The zero-order chi connectivity index (χ0) is 14.9. The second-order valence-corrected chi connectivity index (χ2v) is 6.45. The minimum Gasteiger partial charge on any atom is -0.309 e. The lowest BCUT2D eigenvalue weighted by Crippen LogP contribution is -2.34. The maximum absolute atomic E-state index is 3.72. The predicted octanol–water partition coefficient (Wildman–Crippen LogP) is 4.24. The lowest BCUT2D eigenvalue weighted by molar-refractivity contribution is 0.215. The predicted molar refractivity (Wildman–Crippen MR) is 91.5 cm³/mol. The highest BCUT2D eigenvalue weighted by atomic mass is 15.2. The molecule has 2 rings (SSSR count). The molecule has 1 N–H and O–H groups in total. The number of hydrogen-bond donors (Lipinski definition) is 1. The first-order valence-electron chi connectivity index (χ1n) is 8.84. The van der Waals surface area contributed by atoms with Crippen molar-refractivity contribution in [2.24, 2.45) is 5.92 Å². The Morgan fingerprint density at radius 1 is 1.24 bits per heavy atom. The summed E-state index contributed by atoms with van der Waals surface area (Å²) in [7, 11) is 0. The van der Waals surface area contributed by atoms with E-state index in [1.54, 1.807) is 0 Å². The molecule has 0 spiro atoms. The van der Waals surface area contributed by atoms with Crippen molar-refractivity contribution in [2.75, 3.05) is 26.2 Å². The van der Waals surface area contributed by atoms with Crippen LogP contribution in [-0.2, 0) is 0 Å².